The van der Waals surface area contributed by atoms with Crippen LogP contribution in [0.4, 0.5) is 26.3 Å². The maximum atomic E-state index is 14.5. The summed E-state index contributed by atoms with van der Waals surface area (Å²) in [5, 5.41) is 0. The zero-order valence-electron chi connectivity index (χ0n) is 21.6. The fraction of sp³-hybridized carbons (Fsp3) is 0.273. The third kappa shape index (κ3) is 8.22. The summed E-state index contributed by atoms with van der Waals surface area (Å²) in [7, 11) is 0. The van der Waals surface area contributed by atoms with Crippen molar-refractivity contribution >= 4 is 0 Å². The lowest BCUT2D eigenvalue weighted by Gasteiger charge is -2.08. The predicted octanol–water partition coefficient (Wildman–Crippen LogP) is 10.4. The normalized spacial score (nSPS) is 11.2. The molecule has 0 aliphatic carbocycles. The number of halogens is 6. The van der Waals surface area contributed by atoms with Crippen LogP contribution in [0.15, 0.2) is 72.8 Å². The van der Waals surface area contributed by atoms with Crippen LogP contribution in [-0.2, 0) is 12.8 Å². The Kier molecular flexibility index (Phi) is 9.85. The van der Waals surface area contributed by atoms with Crippen molar-refractivity contribution in [1.82, 2.24) is 0 Å². The van der Waals surface area contributed by atoms with Crippen LogP contribution in [0.25, 0.3) is 22.3 Å². The highest BCUT2D eigenvalue weighted by Gasteiger charge is 2.11. The SMILES string of the molecule is Fc1cc(F)cc(-c2ccc(CCCCCCCCCc3ccc(-c4cc(F)cc(F)c4)c(F)c3)cc2F)c1. The molecule has 0 fully saturated rings. The van der Waals surface area contributed by atoms with Crippen molar-refractivity contribution in [1.29, 1.82) is 0 Å². The third-order valence-corrected chi connectivity index (χ3v) is 6.85. The number of rotatable bonds is 12. The van der Waals surface area contributed by atoms with Gasteiger partial charge in [0.2, 0.25) is 0 Å². The molecule has 39 heavy (non-hydrogen) atoms. The van der Waals surface area contributed by atoms with Gasteiger partial charge in [-0.25, -0.2) is 26.3 Å². The van der Waals surface area contributed by atoms with E-state index in [2.05, 4.69) is 0 Å². The molecule has 0 saturated carbocycles. The van der Waals surface area contributed by atoms with E-state index in [0.29, 0.717) is 0 Å². The van der Waals surface area contributed by atoms with Gasteiger partial charge < -0.3 is 0 Å². The minimum atomic E-state index is -0.738. The summed E-state index contributed by atoms with van der Waals surface area (Å²) in [6, 6.07) is 15.6. The Bertz CT molecular complexity index is 1260. The van der Waals surface area contributed by atoms with Gasteiger partial charge in [-0.05, 0) is 84.3 Å². The van der Waals surface area contributed by atoms with Gasteiger partial charge in [-0.1, -0.05) is 56.4 Å². The van der Waals surface area contributed by atoms with Crippen molar-refractivity contribution < 1.29 is 26.3 Å². The molecule has 0 unspecified atom stereocenters. The lowest BCUT2D eigenvalue weighted by atomic mass is 9.99. The summed E-state index contributed by atoms with van der Waals surface area (Å²) < 4.78 is 82.8. The monoisotopic (exact) mass is 540 g/mol. The summed E-state index contributed by atoms with van der Waals surface area (Å²) in [6.07, 6.45) is 8.57. The Labute approximate surface area is 225 Å². The van der Waals surface area contributed by atoms with Gasteiger partial charge in [0.05, 0.1) is 0 Å². The van der Waals surface area contributed by atoms with Gasteiger partial charge in [0.15, 0.2) is 0 Å². The molecule has 0 amide bonds. The van der Waals surface area contributed by atoms with Crippen LogP contribution >= 0.6 is 0 Å². The molecule has 0 radical (unpaired) electrons. The van der Waals surface area contributed by atoms with E-state index >= 15 is 0 Å². The predicted molar refractivity (Wildman–Crippen MR) is 143 cm³/mol. The van der Waals surface area contributed by atoms with Gasteiger partial charge in [-0.2, -0.15) is 0 Å². The molecule has 0 aromatic heterocycles. The first-order valence-electron chi connectivity index (χ1n) is 13.3. The van der Waals surface area contributed by atoms with Gasteiger partial charge in [-0.3, -0.25) is 0 Å². The summed E-state index contributed by atoms with van der Waals surface area (Å²) in [5.41, 5.74) is 2.43. The van der Waals surface area contributed by atoms with Gasteiger partial charge in [0, 0.05) is 23.3 Å². The summed E-state index contributed by atoms with van der Waals surface area (Å²) in [5.74, 6) is -3.94. The Balaban J connectivity index is 1.12. The topological polar surface area (TPSA) is 0 Å². The molecule has 4 rings (SSSR count). The van der Waals surface area contributed by atoms with Gasteiger partial charge >= 0.3 is 0 Å². The maximum absolute atomic E-state index is 14.5. The molecule has 6 heteroatoms. The van der Waals surface area contributed by atoms with E-state index in [-0.39, 0.29) is 22.3 Å². The summed E-state index contributed by atoms with van der Waals surface area (Å²) >= 11 is 0. The minimum absolute atomic E-state index is 0.179. The molecule has 4 aromatic rings. The van der Waals surface area contributed by atoms with E-state index in [1.54, 1.807) is 24.3 Å². The second-order valence-electron chi connectivity index (χ2n) is 9.92. The number of hydrogen-bond donors (Lipinski definition) is 0. The lowest BCUT2D eigenvalue weighted by Crippen LogP contribution is -1.93. The molecule has 0 spiro atoms. The first-order valence-corrected chi connectivity index (χ1v) is 13.3. The van der Waals surface area contributed by atoms with Crippen LogP contribution < -0.4 is 0 Å². The summed E-state index contributed by atoms with van der Waals surface area (Å²) in [4.78, 5) is 0. The quantitative estimate of drug-likeness (QED) is 0.124. The van der Waals surface area contributed by atoms with Crippen molar-refractivity contribution in [3.05, 3.63) is 119 Å². The summed E-state index contributed by atoms with van der Waals surface area (Å²) in [6.45, 7) is 0. The first kappa shape index (κ1) is 28.5. The Morgan fingerprint density at radius 3 is 1.03 bits per heavy atom. The minimum Gasteiger partial charge on any atom is -0.207 e. The third-order valence-electron chi connectivity index (χ3n) is 6.85. The molecule has 0 saturated heterocycles. The van der Waals surface area contributed by atoms with E-state index in [1.807, 2.05) is 0 Å². The fourth-order valence-corrected chi connectivity index (χ4v) is 4.86. The average molecular weight is 541 g/mol. The highest BCUT2D eigenvalue weighted by Crippen LogP contribution is 2.27. The van der Waals surface area contributed by atoms with Crippen LogP contribution in [0.5, 0.6) is 0 Å². The van der Waals surface area contributed by atoms with Crippen LogP contribution in [0.2, 0.25) is 0 Å². The Hall–Kier alpha value is -3.54. The second-order valence-corrected chi connectivity index (χ2v) is 9.92. The molecule has 0 aliphatic rings. The zero-order chi connectivity index (χ0) is 27.8. The van der Waals surface area contributed by atoms with E-state index in [1.165, 1.54) is 12.1 Å². The highest BCUT2D eigenvalue weighted by molar-refractivity contribution is 5.65. The standard InChI is InChI=1S/C33H30F6/c34-26-16-24(17-27(35)20-26)30-12-10-22(14-32(30)38)8-6-4-2-1-3-5-7-9-23-11-13-31(33(39)15-23)25-18-28(36)21-29(37)19-25/h10-21H,1-9H2. The second kappa shape index (κ2) is 13.5. The molecule has 0 bridgehead atoms. The van der Waals surface area contributed by atoms with Crippen molar-refractivity contribution in [3.8, 4) is 22.3 Å². The van der Waals surface area contributed by atoms with E-state index < -0.39 is 34.9 Å². The van der Waals surface area contributed by atoms with Gasteiger partial charge in [-0.15, -0.1) is 0 Å². The fourth-order valence-electron chi connectivity index (χ4n) is 4.86. The molecule has 0 N–H and O–H groups in total. The maximum Gasteiger partial charge on any atom is 0.131 e. The van der Waals surface area contributed by atoms with E-state index in [0.717, 1.165) is 105 Å². The lowest BCUT2D eigenvalue weighted by molar-refractivity contribution is 0.576. The molecule has 204 valence electrons. The van der Waals surface area contributed by atoms with Crippen LogP contribution in [0.3, 0.4) is 0 Å². The van der Waals surface area contributed by atoms with Gasteiger partial charge in [0.25, 0.3) is 0 Å². The molecule has 0 atom stereocenters. The highest BCUT2D eigenvalue weighted by atomic mass is 19.2. The van der Waals surface area contributed by atoms with Crippen molar-refractivity contribution in [2.75, 3.05) is 0 Å². The molecule has 0 heterocycles. The largest absolute Gasteiger partial charge is 0.207 e. The van der Waals surface area contributed by atoms with Crippen LogP contribution in [-0.4, -0.2) is 0 Å². The average Bonchev–Trinajstić information content (AvgIpc) is 2.86. The van der Waals surface area contributed by atoms with Crippen molar-refractivity contribution in [3.63, 3.8) is 0 Å². The number of hydrogen-bond acceptors (Lipinski definition) is 0. The van der Waals surface area contributed by atoms with Crippen molar-refractivity contribution in [2.45, 2.75) is 57.8 Å². The zero-order valence-corrected chi connectivity index (χ0v) is 21.6. The van der Waals surface area contributed by atoms with Crippen molar-refractivity contribution in [2.24, 2.45) is 0 Å². The van der Waals surface area contributed by atoms with Crippen LogP contribution in [0.1, 0.15) is 56.1 Å². The van der Waals surface area contributed by atoms with E-state index in [9.17, 15) is 26.3 Å². The molecular formula is C33H30F6. The van der Waals surface area contributed by atoms with Crippen LogP contribution in [0, 0.1) is 34.9 Å². The number of unbranched alkanes of at least 4 members (excludes halogenated alkanes) is 6. The molecule has 0 nitrogen and oxygen atoms in total. The molecule has 0 aliphatic heterocycles. The Morgan fingerprint density at radius 2 is 0.692 bits per heavy atom. The smallest absolute Gasteiger partial charge is 0.131 e. The molecule has 4 aromatic carbocycles. The molecular weight excluding hydrogens is 510 g/mol. The number of benzene rings is 4. The van der Waals surface area contributed by atoms with Gasteiger partial charge in [0.1, 0.15) is 34.9 Å². The van der Waals surface area contributed by atoms with E-state index in [4.69, 9.17) is 0 Å². The Morgan fingerprint density at radius 1 is 0.359 bits per heavy atom. The first-order chi connectivity index (χ1) is 18.8. The number of aryl methyl sites for hydroxylation is 2.